The molecule has 0 heterocycles. The van der Waals surface area contributed by atoms with Crippen molar-refractivity contribution in [2.45, 2.75) is 264 Å². The Morgan fingerprint density at radius 1 is 0.360 bits per heavy atom. The van der Waals surface area contributed by atoms with Gasteiger partial charge in [-0.2, -0.15) is 0 Å². The number of unbranched alkanes of at least 4 members (excludes halogenated alkanes) is 21. The summed E-state index contributed by atoms with van der Waals surface area (Å²) in [6.45, 7) is 4.00. The molecule has 0 bridgehead atoms. The molecule has 0 fully saturated rings. The van der Waals surface area contributed by atoms with E-state index >= 15 is 0 Å². The van der Waals surface area contributed by atoms with Gasteiger partial charge < -0.3 is 27.9 Å². The minimum atomic E-state index is -4.66. The van der Waals surface area contributed by atoms with Crippen LogP contribution >= 0.6 is 7.82 Å². The molecule has 0 rings (SSSR count). The molecule has 0 radical (unpaired) electrons. The van der Waals surface area contributed by atoms with Crippen molar-refractivity contribution in [3.63, 3.8) is 0 Å². The van der Waals surface area contributed by atoms with Gasteiger partial charge in [-0.05, 0) is 122 Å². The van der Waals surface area contributed by atoms with E-state index in [1.54, 1.807) is 0 Å². The van der Waals surface area contributed by atoms with Gasteiger partial charge in [0.15, 0.2) is 6.10 Å². The summed E-state index contributed by atoms with van der Waals surface area (Å²) in [6, 6.07) is 0. The second kappa shape index (κ2) is 65.1. The standard InChI is InChI=1S/C76H126NO8P/c1-6-8-10-12-14-16-18-20-22-24-26-28-30-32-34-36-38-40-42-44-46-48-50-52-54-56-58-60-62-64-66-68-75(78)82-72-74(73-84-86(80,81)83-71-70-77(3,4)5)85-76(79)69-67-65-63-61-59-57-55-53-51-49-47-45-43-41-39-37-35-33-31-29-27-25-23-21-19-17-15-13-11-9-7-2/h8-11,14-17,20-23,26-29,32-35,38-41,45,47,74H,6-7,12-13,18-19,24-25,30-31,36-37,42-44,46,48-73H2,1-5H3/b10-8-,11-9-,16-14-,17-15-,22-20-,23-21-,28-26-,29-27-,34-32-,35-33-,40-38-,41-39-,47-45-. The molecule has 10 heteroatoms. The zero-order valence-corrected chi connectivity index (χ0v) is 56.3. The monoisotopic (exact) mass is 1210 g/mol. The zero-order chi connectivity index (χ0) is 62.6. The summed E-state index contributed by atoms with van der Waals surface area (Å²) >= 11 is 0. The van der Waals surface area contributed by atoms with E-state index in [0.29, 0.717) is 17.4 Å². The minimum absolute atomic E-state index is 0.0402. The van der Waals surface area contributed by atoms with Gasteiger partial charge in [0.2, 0.25) is 0 Å². The van der Waals surface area contributed by atoms with Crippen LogP contribution in [-0.4, -0.2) is 70.0 Å². The molecular formula is C76H126NO8P. The Labute approximate surface area is 528 Å². The van der Waals surface area contributed by atoms with Gasteiger partial charge in [0.1, 0.15) is 19.8 Å². The first kappa shape index (κ1) is 81.6. The highest BCUT2D eigenvalue weighted by Crippen LogP contribution is 2.38. The lowest BCUT2D eigenvalue weighted by Crippen LogP contribution is -2.37. The third kappa shape index (κ3) is 68.7. The summed E-state index contributed by atoms with van der Waals surface area (Å²) in [5.74, 6) is -0.849. The maximum absolute atomic E-state index is 12.9. The van der Waals surface area contributed by atoms with E-state index in [1.165, 1.54) is 89.9 Å². The highest BCUT2D eigenvalue weighted by Gasteiger charge is 2.22. The third-order valence-electron chi connectivity index (χ3n) is 14.0. The summed E-state index contributed by atoms with van der Waals surface area (Å²) in [5, 5.41) is 0. The third-order valence-corrected chi connectivity index (χ3v) is 15.0. The summed E-state index contributed by atoms with van der Waals surface area (Å²) in [7, 11) is 1.14. The number of phosphoric ester groups is 1. The number of quaternary nitrogens is 1. The van der Waals surface area contributed by atoms with E-state index in [-0.39, 0.29) is 26.1 Å². The quantitative estimate of drug-likeness (QED) is 0.0195. The van der Waals surface area contributed by atoms with Crippen molar-refractivity contribution >= 4 is 19.8 Å². The predicted octanol–water partition coefficient (Wildman–Crippen LogP) is 21.7. The number of carbonyl (C=O) groups is 2. The minimum Gasteiger partial charge on any atom is -0.756 e. The van der Waals surface area contributed by atoms with Crippen LogP contribution in [-0.2, 0) is 32.7 Å². The van der Waals surface area contributed by atoms with Gasteiger partial charge in [0, 0.05) is 12.8 Å². The number of esters is 2. The lowest BCUT2D eigenvalue weighted by Gasteiger charge is -2.28. The molecule has 0 aliphatic carbocycles. The summed E-state index contributed by atoms with van der Waals surface area (Å²) in [4.78, 5) is 38.1. The van der Waals surface area contributed by atoms with Crippen molar-refractivity contribution in [3.8, 4) is 0 Å². The number of nitrogens with zero attached hydrogens (tertiary/aromatic N) is 1. The van der Waals surface area contributed by atoms with Crippen LogP contribution in [0.5, 0.6) is 0 Å². The van der Waals surface area contributed by atoms with E-state index in [4.69, 9.17) is 18.5 Å². The second-order valence-electron chi connectivity index (χ2n) is 23.4. The van der Waals surface area contributed by atoms with Gasteiger partial charge >= 0.3 is 11.9 Å². The van der Waals surface area contributed by atoms with Crippen molar-refractivity contribution < 1.29 is 42.1 Å². The van der Waals surface area contributed by atoms with E-state index in [9.17, 15) is 19.0 Å². The first-order valence-corrected chi connectivity index (χ1v) is 35.7. The number of rotatable bonds is 61. The molecular weight excluding hydrogens is 1090 g/mol. The van der Waals surface area contributed by atoms with E-state index in [1.807, 2.05) is 21.1 Å². The fraction of sp³-hybridized carbons (Fsp3) is 0.632. The number of ether oxygens (including phenoxy) is 2. The Morgan fingerprint density at radius 2 is 0.628 bits per heavy atom. The molecule has 9 nitrogen and oxygen atoms in total. The Bertz CT molecular complexity index is 2010. The molecule has 0 amide bonds. The lowest BCUT2D eigenvalue weighted by atomic mass is 10.0. The van der Waals surface area contributed by atoms with Crippen molar-refractivity contribution in [2.75, 3.05) is 47.5 Å². The lowest BCUT2D eigenvalue weighted by molar-refractivity contribution is -0.870. The Hall–Kier alpha value is -4.37. The topological polar surface area (TPSA) is 111 Å². The van der Waals surface area contributed by atoms with Gasteiger partial charge in [0.25, 0.3) is 7.82 Å². The van der Waals surface area contributed by atoms with Crippen molar-refractivity contribution in [3.05, 3.63) is 158 Å². The molecule has 0 N–H and O–H groups in total. The van der Waals surface area contributed by atoms with E-state index in [0.717, 1.165) is 135 Å². The van der Waals surface area contributed by atoms with Crippen LogP contribution in [0.2, 0.25) is 0 Å². The van der Waals surface area contributed by atoms with Crippen LogP contribution in [0.25, 0.3) is 0 Å². The Morgan fingerprint density at radius 3 is 0.930 bits per heavy atom. The van der Waals surface area contributed by atoms with E-state index < -0.39 is 32.5 Å². The molecule has 0 aromatic rings. The fourth-order valence-electron chi connectivity index (χ4n) is 8.88. The first-order chi connectivity index (χ1) is 42.0. The van der Waals surface area contributed by atoms with Crippen LogP contribution in [0.1, 0.15) is 258 Å². The van der Waals surface area contributed by atoms with Gasteiger partial charge in [-0.15, -0.1) is 0 Å². The fourth-order valence-corrected chi connectivity index (χ4v) is 9.60. The maximum atomic E-state index is 12.9. The maximum Gasteiger partial charge on any atom is 0.306 e. The Balaban J connectivity index is 4.14. The molecule has 2 atom stereocenters. The molecule has 0 spiro atoms. The Kier molecular flexibility index (Phi) is 61.8. The van der Waals surface area contributed by atoms with Crippen LogP contribution in [0, 0.1) is 0 Å². The molecule has 0 saturated carbocycles. The van der Waals surface area contributed by atoms with Gasteiger partial charge in [-0.3, -0.25) is 14.2 Å². The van der Waals surface area contributed by atoms with Crippen molar-refractivity contribution in [2.24, 2.45) is 0 Å². The molecule has 0 aromatic heterocycles. The second-order valence-corrected chi connectivity index (χ2v) is 24.8. The van der Waals surface area contributed by atoms with Gasteiger partial charge in [0.05, 0.1) is 27.7 Å². The predicted molar refractivity (Wildman–Crippen MR) is 369 cm³/mol. The van der Waals surface area contributed by atoms with Crippen LogP contribution < -0.4 is 4.89 Å². The number of allylic oxidation sites excluding steroid dienone is 26. The van der Waals surface area contributed by atoms with Gasteiger partial charge in [-0.1, -0.05) is 281 Å². The summed E-state index contributed by atoms with van der Waals surface area (Å²) in [6.07, 6.45) is 97.3. The zero-order valence-electron chi connectivity index (χ0n) is 55.4. The molecule has 0 aliphatic heterocycles. The molecule has 0 aliphatic rings. The van der Waals surface area contributed by atoms with Crippen LogP contribution in [0.3, 0.4) is 0 Å². The largest absolute Gasteiger partial charge is 0.756 e. The van der Waals surface area contributed by atoms with Crippen LogP contribution in [0.4, 0.5) is 0 Å². The SMILES string of the molecule is CC/C=C\C/C=C\C/C=C\C/C=C\C/C=C\C/C=C\C/C=C\CCCCCCCCCCCC(=O)OC(COC(=O)CCCCCCCCCCCCCC/C=C\C/C=C\C/C=C\C/C=C\C/C=C\C/C=C\CC)COP(=O)([O-])OCC[N+](C)(C)C. The number of hydrogen-bond acceptors (Lipinski definition) is 8. The number of likely N-dealkylation sites (N-methyl/N-ethyl adjacent to an activating group) is 1. The van der Waals surface area contributed by atoms with Crippen LogP contribution in [0.15, 0.2) is 158 Å². The molecule has 0 aromatic carbocycles. The average molecular weight is 1210 g/mol. The smallest absolute Gasteiger partial charge is 0.306 e. The molecule has 488 valence electrons. The first-order valence-electron chi connectivity index (χ1n) is 34.2. The number of hydrogen-bond donors (Lipinski definition) is 0. The highest BCUT2D eigenvalue weighted by atomic mass is 31.2. The highest BCUT2D eigenvalue weighted by molar-refractivity contribution is 7.45. The molecule has 0 saturated heterocycles. The van der Waals surface area contributed by atoms with Crippen molar-refractivity contribution in [1.82, 2.24) is 0 Å². The molecule has 86 heavy (non-hydrogen) atoms. The number of carbonyl (C=O) groups excluding carboxylic acids is 2. The average Bonchev–Trinajstić information content (AvgIpc) is 3.56. The van der Waals surface area contributed by atoms with E-state index in [2.05, 4.69) is 172 Å². The van der Waals surface area contributed by atoms with Gasteiger partial charge in [-0.25, -0.2) is 0 Å². The normalized spacial score (nSPS) is 14.2. The van der Waals surface area contributed by atoms with Crippen molar-refractivity contribution in [1.29, 1.82) is 0 Å². The summed E-state index contributed by atoms with van der Waals surface area (Å²) in [5.41, 5.74) is 0. The molecule has 2 unspecified atom stereocenters. The summed E-state index contributed by atoms with van der Waals surface area (Å²) < 4.78 is 34.3. The number of phosphoric acid groups is 1.